The van der Waals surface area contributed by atoms with E-state index < -0.39 is 22.4 Å². The minimum Gasteiger partial charge on any atom is -0.490 e. The van der Waals surface area contributed by atoms with Crippen molar-refractivity contribution in [2.24, 2.45) is 0 Å². The maximum atomic E-state index is 12.0. The monoisotopic (exact) mass is 301 g/mol. The maximum Gasteiger partial charge on any atom is 0.313 e. The second-order valence-corrected chi connectivity index (χ2v) is 4.37. The normalized spacial score (nSPS) is 10.1. The molecule has 0 aliphatic carbocycles. The minimum atomic E-state index is -1.01. The van der Waals surface area contributed by atoms with Gasteiger partial charge in [-0.2, -0.15) is 0 Å². The fraction of sp³-hybridized carbons (Fsp3) is 0.333. The van der Waals surface area contributed by atoms with Gasteiger partial charge in [0.1, 0.15) is 0 Å². The van der Waals surface area contributed by atoms with Crippen LogP contribution in [0.25, 0.3) is 0 Å². The number of halogens is 1. The fourth-order valence-corrected chi connectivity index (χ4v) is 1.88. The second-order valence-electron chi connectivity index (χ2n) is 3.93. The van der Waals surface area contributed by atoms with Crippen molar-refractivity contribution in [2.75, 3.05) is 7.11 Å². The van der Waals surface area contributed by atoms with Gasteiger partial charge in [0.05, 0.1) is 17.6 Å². The lowest BCUT2D eigenvalue weighted by molar-refractivity contribution is -0.385. The van der Waals surface area contributed by atoms with Gasteiger partial charge in [0.2, 0.25) is 5.75 Å². The predicted octanol–water partition coefficient (Wildman–Crippen LogP) is 2.69. The molecule has 0 unspecified atom stereocenters. The lowest BCUT2D eigenvalue weighted by atomic mass is 10.0. The molecule has 8 heteroatoms. The maximum absolute atomic E-state index is 12.0. The van der Waals surface area contributed by atoms with E-state index in [-0.39, 0.29) is 35.6 Å². The molecule has 20 heavy (non-hydrogen) atoms. The van der Waals surface area contributed by atoms with Crippen molar-refractivity contribution >= 4 is 29.0 Å². The molecule has 0 aromatic heterocycles. The molecule has 0 amide bonds. The quantitative estimate of drug-likeness (QED) is 0.471. The van der Waals surface area contributed by atoms with E-state index in [2.05, 4.69) is 0 Å². The van der Waals surface area contributed by atoms with Crippen LogP contribution in [0, 0.1) is 10.1 Å². The first kappa shape index (κ1) is 15.9. The van der Waals surface area contributed by atoms with Gasteiger partial charge in [-0.15, -0.1) is 0 Å². The molecule has 0 saturated heterocycles. The van der Waals surface area contributed by atoms with Gasteiger partial charge < -0.3 is 9.84 Å². The molecule has 0 radical (unpaired) electrons. The van der Waals surface area contributed by atoms with Crippen LogP contribution in [0.15, 0.2) is 12.1 Å². The summed E-state index contributed by atoms with van der Waals surface area (Å²) in [5.41, 5.74) is -0.418. The highest BCUT2D eigenvalue weighted by Crippen LogP contribution is 2.35. The van der Waals surface area contributed by atoms with Crippen molar-refractivity contribution in [3.05, 3.63) is 32.8 Å². The molecule has 0 aliphatic heterocycles. The van der Waals surface area contributed by atoms with E-state index in [4.69, 9.17) is 21.4 Å². The topological polar surface area (TPSA) is 107 Å². The van der Waals surface area contributed by atoms with Crippen LogP contribution in [-0.2, 0) is 4.79 Å². The third-order valence-corrected chi connectivity index (χ3v) is 2.75. The Morgan fingerprint density at radius 2 is 2.05 bits per heavy atom. The molecule has 0 heterocycles. The number of carboxylic acids is 1. The Kier molecular flexibility index (Phi) is 5.45. The molecule has 1 aromatic rings. The molecule has 7 nitrogen and oxygen atoms in total. The van der Waals surface area contributed by atoms with E-state index in [0.29, 0.717) is 0 Å². The number of aliphatic carboxylic acids is 1. The number of hydrogen-bond acceptors (Lipinski definition) is 5. The number of ether oxygens (including phenoxy) is 1. The van der Waals surface area contributed by atoms with Gasteiger partial charge in [-0.3, -0.25) is 19.7 Å². The summed E-state index contributed by atoms with van der Waals surface area (Å²) >= 11 is 5.75. The number of carbonyl (C=O) groups excluding carboxylic acids is 1. The number of carbonyl (C=O) groups is 2. The first-order valence-corrected chi connectivity index (χ1v) is 6.01. The average molecular weight is 302 g/mol. The first-order chi connectivity index (χ1) is 9.36. The fourth-order valence-electron chi connectivity index (χ4n) is 1.67. The number of nitrogens with zero attached hydrogens (tertiary/aromatic N) is 1. The Hall–Kier alpha value is -2.15. The molecule has 1 N–H and O–H groups in total. The third-order valence-electron chi connectivity index (χ3n) is 2.53. The van der Waals surface area contributed by atoms with Gasteiger partial charge in [0, 0.05) is 23.9 Å². The molecule has 1 aromatic carbocycles. The van der Waals surface area contributed by atoms with Gasteiger partial charge in [-0.25, -0.2) is 0 Å². The smallest absolute Gasteiger partial charge is 0.313 e. The van der Waals surface area contributed by atoms with Crippen LogP contribution >= 0.6 is 11.6 Å². The van der Waals surface area contributed by atoms with Crippen LogP contribution in [-0.4, -0.2) is 28.9 Å². The Balaban J connectivity index is 3.07. The number of hydrogen-bond donors (Lipinski definition) is 1. The summed E-state index contributed by atoms with van der Waals surface area (Å²) in [5, 5.41) is 19.4. The van der Waals surface area contributed by atoms with E-state index in [1.807, 2.05) is 0 Å². The van der Waals surface area contributed by atoms with Crippen LogP contribution in [0.5, 0.6) is 5.75 Å². The highest BCUT2D eigenvalue weighted by Gasteiger charge is 2.24. The number of ketones is 1. The van der Waals surface area contributed by atoms with Gasteiger partial charge in [0.25, 0.3) is 0 Å². The summed E-state index contributed by atoms with van der Waals surface area (Å²) in [6.45, 7) is 0. The van der Waals surface area contributed by atoms with Gasteiger partial charge in [0.15, 0.2) is 5.78 Å². The van der Waals surface area contributed by atoms with E-state index in [0.717, 1.165) is 6.07 Å². The SMILES string of the molecule is COc1c(C(=O)CCCC(=O)O)cc(Cl)cc1[N+](=O)[O-]. The van der Waals surface area contributed by atoms with Crippen molar-refractivity contribution in [3.8, 4) is 5.75 Å². The van der Waals surface area contributed by atoms with Crippen LogP contribution in [0.2, 0.25) is 5.02 Å². The number of benzene rings is 1. The number of methoxy groups -OCH3 is 1. The van der Waals surface area contributed by atoms with Gasteiger partial charge in [-0.05, 0) is 12.5 Å². The summed E-state index contributed by atoms with van der Waals surface area (Å²) in [4.78, 5) is 32.6. The largest absolute Gasteiger partial charge is 0.490 e. The van der Waals surface area contributed by atoms with Crippen molar-refractivity contribution in [2.45, 2.75) is 19.3 Å². The Morgan fingerprint density at radius 3 is 2.55 bits per heavy atom. The molecule has 0 fully saturated rings. The Bertz CT molecular complexity index is 557. The van der Waals surface area contributed by atoms with E-state index in [1.165, 1.54) is 13.2 Å². The summed E-state index contributed by atoms with van der Waals surface area (Å²) in [7, 11) is 1.21. The molecular formula is C12H12ClNO6. The second kappa shape index (κ2) is 6.85. The lowest BCUT2D eigenvalue weighted by Crippen LogP contribution is -2.06. The summed E-state index contributed by atoms with van der Waals surface area (Å²) in [6, 6.07) is 2.37. The van der Waals surface area contributed by atoms with Crippen LogP contribution in [0.4, 0.5) is 5.69 Å². The third kappa shape index (κ3) is 3.92. The highest BCUT2D eigenvalue weighted by atomic mass is 35.5. The van der Waals surface area contributed by atoms with E-state index in [1.54, 1.807) is 0 Å². The van der Waals surface area contributed by atoms with E-state index in [9.17, 15) is 19.7 Å². The summed E-state index contributed by atoms with van der Waals surface area (Å²) in [6.07, 6.45) is -0.0749. The minimum absolute atomic E-state index is 0.0166. The van der Waals surface area contributed by atoms with Gasteiger partial charge >= 0.3 is 11.7 Å². The standard InChI is InChI=1S/C12H12ClNO6/c1-20-12-8(10(15)3-2-4-11(16)17)5-7(13)6-9(12)14(18)19/h5-6H,2-4H2,1H3,(H,16,17). The number of Topliss-reactive ketones (excluding diaryl/α,β-unsaturated/α-hetero) is 1. The number of nitro benzene ring substituents is 1. The van der Waals surface area contributed by atoms with Crippen molar-refractivity contribution < 1.29 is 24.4 Å². The Morgan fingerprint density at radius 1 is 1.40 bits per heavy atom. The molecule has 0 saturated carbocycles. The van der Waals surface area contributed by atoms with Crippen molar-refractivity contribution in [1.82, 2.24) is 0 Å². The Labute approximate surface area is 119 Å². The van der Waals surface area contributed by atoms with E-state index >= 15 is 0 Å². The van der Waals surface area contributed by atoms with Gasteiger partial charge in [-0.1, -0.05) is 11.6 Å². The first-order valence-electron chi connectivity index (χ1n) is 5.63. The lowest BCUT2D eigenvalue weighted by Gasteiger charge is -2.08. The zero-order valence-corrected chi connectivity index (χ0v) is 11.3. The van der Waals surface area contributed by atoms with Crippen molar-refractivity contribution in [3.63, 3.8) is 0 Å². The predicted molar refractivity (Wildman–Crippen MR) is 70.5 cm³/mol. The molecule has 0 aliphatic rings. The number of nitro groups is 1. The van der Waals surface area contributed by atoms with Crippen LogP contribution in [0.1, 0.15) is 29.6 Å². The molecule has 0 bridgehead atoms. The summed E-state index contributed by atoms with van der Waals surface area (Å²) < 4.78 is 4.90. The molecular weight excluding hydrogens is 290 g/mol. The molecule has 1 rings (SSSR count). The molecule has 108 valence electrons. The van der Waals surface area contributed by atoms with Crippen molar-refractivity contribution in [1.29, 1.82) is 0 Å². The number of carboxylic acid groups (broad SMARTS) is 1. The number of rotatable bonds is 7. The molecule has 0 spiro atoms. The average Bonchev–Trinajstić information content (AvgIpc) is 2.36. The van der Waals surface area contributed by atoms with Crippen LogP contribution in [0.3, 0.4) is 0 Å². The zero-order valence-electron chi connectivity index (χ0n) is 10.6. The summed E-state index contributed by atoms with van der Waals surface area (Å²) in [5.74, 6) is -1.63. The molecule has 0 atom stereocenters. The van der Waals surface area contributed by atoms with Crippen LogP contribution < -0.4 is 4.74 Å². The highest BCUT2D eigenvalue weighted by molar-refractivity contribution is 6.31. The zero-order chi connectivity index (χ0) is 15.3.